The lowest BCUT2D eigenvalue weighted by atomic mass is 10.1. The van der Waals surface area contributed by atoms with Crippen LogP contribution in [-0.2, 0) is 6.42 Å². The molecule has 0 spiro atoms. The zero-order valence-corrected chi connectivity index (χ0v) is 12.1. The highest BCUT2D eigenvalue weighted by Crippen LogP contribution is 2.43. The lowest BCUT2D eigenvalue weighted by Crippen LogP contribution is -1.99. The Kier molecular flexibility index (Phi) is 3.50. The predicted octanol–water partition coefficient (Wildman–Crippen LogP) is 4.23. The molecule has 0 radical (unpaired) electrons. The number of halogens is 1. The number of rotatable bonds is 3. The first-order valence-electron chi connectivity index (χ1n) is 5.02. The van der Waals surface area contributed by atoms with Gasteiger partial charge in [0.05, 0.1) is 7.80 Å². The van der Waals surface area contributed by atoms with E-state index in [9.17, 15) is 0 Å². The molecule has 0 unspecified atom stereocenters. The minimum atomic E-state index is 0.785. The van der Waals surface area contributed by atoms with Crippen molar-refractivity contribution in [1.82, 2.24) is 0 Å². The molecule has 0 aliphatic heterocycles. The van der Waals surface area contributed by atoms with Crippen LogP contribution in [0.3, 0.4) is 0 Å². The average molecular weight is 304 g/mol. The predicted molar refractivity (Wildman–Crippen MR) is 74.3 cm³/mol. The zero-order chi connectivity index (χ0) is 11.0. The summed E-state index contributed by atoms with van der Waals surface area (Å²) in [6.07, 6.45) is 2.22. The second kappa shape index (κ2) is 4.53. The zero-order valence-electron chi connectivity index (χ0n) is 8.89. The van der Waals surface area contributed by atoms with Gasteiger partial charge in [-0.3, -0.25) is 0 Å². The van der Waals surface area contributed by atoms with Gasteiger partial charge >= 0.3 is 0 Å². The molecule has 0 aromatic carbocycles. The van der Waals surface area contributed by atoms with Gasteiger partial charge in [-0.05, 0) is 60.3 Å². The van der Waals surface area contributed by atoms with Crippen LogP contribution in [-0.4, -0.2) is 6.54 Å². The first-order chi connectivity index (χ1) is 7.15. The molecule has 2 heterocycles. The molecule has 0 aliphatic carbocycles. The molecule has 0 atom stereocenters. The van der Waals surface area contributed by atoms with Gasteiger partial charge in [-0.1, -0.05) is 0 Å². The van der Waals surface area contributed by atoms with Gasteiger partial charge in [0, 0.05) is 10.3 Å². The summed E-state index contributed by atoms with van der Waals surface area (Å²) in [5.74, 6) is 0. The largest absolute Gasteiger partial charge is 0.330 e. The summed E-state index contributed by atoms with van der Waals surface area (Å²) >= 11 is 7.39. The minimum absolute atomic E-state index is 0.785. The van der Waals surface area contributed by atoms with E-state index in [1.807, 2.05) is 22.7 Å². The van der Waals surface area contributed by atoms with Gasteiger partial charge in [-0.15, -0.1) is 22.7 Å². The summed E-state index contributed by atoms with van der Waals surface area (Å²) in [5.41, 5.74) is 8.40. The number of hydrogen-bond acceptors (Lipinski definition) is 3. The van der Waals surface area contributed by atoms with Crippen LogP contribution in [0.15, 0.2) is 3.79 Å². The molecule has 15 heavy (non-hydrogen) atoms. The number of aryl methyl sites for hydroxylation is 3. The van der Waals surface area contributed by atoms with Gasteiger partial charge in [0.25, 0.3) is 0 Å². The van der Waals surface area contributed by atoms with Crippen molar-refractivity contribution in [1.29, 1.82) is 0 Å². The standard InChI is InChI=1S/C11H14BrNS2/c1-6-8(4-3-5-13)14-11-9(6)7(2)10(12)15-11/h3-5,13H2,1-2H3. The van der Waals surface area contributed by atoms with E-state index >= 15 is 0 Å². The first-order valence-corrected chi connectivity index (χ1v) is 7.44. The molecule has 0 fully saturated rings. The summed E-state index contributed by atoms with van der Waals surface area (Å²) in [6.45, 7) is 5.21. The van der Waals surface area contributed by atoms with E-state index in [2.05, 4.69) is 29.8 Å². The molecular weight excluding hydrogens is 290 g/mol. The van der Waals surface area contributed by atoms with Crippen LogP contribution in [0, 0.1) is 13.8 Å². The maximum absolute atomic E-state index is 5.55. The maximum atomic E-state index is 5.55. The van der Waals surface area contributed by atoms with E-state index in [1.54, 1.807) is 0 Å². The van der Waals surface area contributed by atoms with E-state index in [1.165, 1.54) is 29.2 Å². The lowest BCUT2D eigenvalue weighted by Gasteiger charge is -1.98. The highest BCUT2D eigenvalue weighted by Gasteiger charge is 2.14. The topological polar surface area (TPSA) is 26.0 Å². The van der Waals surface area contributed by atoms with Gasteiger partial charge in [-0.2, -0.15) is 0 Å². The monoisotopic (exact) mass is 303 g/mol. The highest BCUT2D eigenvalue weighted by atomic mass is 79.9. The van der Waals surface area contributed by atoms with E-state index in [4.69, 9.17) is 5.73 Å². The summed E-state index contributed by atoms with van der Waals surface area (Å²) < 4.78 is 2.72. The number of nitrogens with two attached hydrogens (primary N) is 1. The summed E-state index contributed by atoms with van der Waals surface area (Å²) in [6, 6.07) is 0. The molecule has 2 rings (SSSR count). The van der Waals surface area contributed by atoms with Crippen molar-refractivity contribution in [2.45, 2.75) is 26.7 Å². The Morgan fingerprint density at radius 3 is 2.53 bits per heavy atom. The van der Waals surface area contributed by atoms with Crippen molar-refractivity contribution in [3.63, 3.8) is 0 Å². The number of hydrogen-bond donors (Lipinski definition) is 1. The molecule has 0 bridgehead atoms. The van der Waals surface area contributed by atoms with E-state index in [-0.39, 0.29) is 0 Å². The van der Waals surface area contributed by atoms with Crippen molar-refractivity contribution in [3.8, 4) is 0 Å². The van der Waals surface area contributed by atoms with Crippen LogP contribution in [0.5, 0.6) is 0 Å². The Hall–Kier alpha value is 0.1000. The average Bonchev–Trinajstić information content (AvgIpc) is 2.64. The maximum Gasteiger partial charge on any atom is 0.0885 e. The molecular formula is C11H14BrNS2. The van der Waals surface area contributed by atoms with Crippen LogP contribution in [0.25, 0.3) is 9.40 Å². The normalized spacial score (nSPS) is 11.5. The van der Waals surface area contributed by atoms with Crippen molar-refractivity contribution in [2.24, 2.45) is 5.73 Å². The number of fused-ring (bicyclic) bond motifs is 1. The fourth-order valence-electron chi connectivity index (χ4n) is 1.80. The minimum Gasteiger partial charge on any atom is -0.330 e. The molecule has 0 saturated heterocycles. The van der Waals surface area contributed by atoms with Gasteiger partial charge in [0.2, 0.25) is 0 Å². The fourth-order valence-corrected chi connectivity index (χ4v) is 5.48. The lowest BCUT2D eigenvalue weighted by molar-refractivity contribution is 0.840. The third-order valence-corrected chi connectivity index (χ3v) is 6.27. The molecule has 0 aliphatic rings. The Morgan fingerprint density at radius 2 is 1.93 bits per heavy atom. The SMILES string of the molecule is Cc1c(Br)sc2sc(CCCN)c(C)c12. The molecule has 2 aromatic heterocycles. The van der Waals surface area contributed by atoms with E-state index in [0.29, 0.717) is 0 Å². The molecule has 0 saturated carbocycles. The third kappa shape index (κ3) is 2.00. The molecule has 2 N–H and O–H groups in total. The molecule has 1 nitrogen and oxygen atoms in total. The molecule has 0 amide bonds. The van der Waals surface area contributed by atoms with Crippen LogP contribution in [0.4, 0.5) is 0 Å². The fraction of sp³-hybridized carbons (Fsp3) is 0.455. The molecule has 82 valence electrons. The van der Waals surface area contributed by atoms with Crippen LogP contribution < -0.4 is 5.73 Å². The molecule has 4 heteroatoms. The van der Waals surface area contributed by atoms with Crippen LogP contribution in [0.1, 0.15) is 22.4 Å². The van der Waals surface area contributed by atoms with Gasteiger partial charge < -0.3 is 5.73 Å². The Morgan fingerprint density at radius 1 is 1.20 bits per heavy atom. The van der Waals surface area contributed by atoms with Crippen molar-refractivity contribution in [2.75, 3.05) is 6.54 Å². The smallest absolute Gasteiger partial charge is 0.0885 e. The highest BCUT2D eigenvalue weighted by molar-refractivity contribution is 9.11. The van der Waals surface area contributed by atoms with E-state index < -0.39 is 0 Å². The molecule has 2 aromatic rings. The summed E-state index contributed by atoms with van der Waals surface area (Å²) in [7, 11) is 0. The first kappa shape index (κ1) is 11.6. The van der Waals surface area contributed by atoms with Crippen molar-refractivity contribution >= 4 is 48.0 Å². The third-order valence-electron chi connectivity index (χ3n) is 2.67. The quantitative estimate of drug-likeness (QED) is 0.902. The van der Waals surface area contributed by atoms with Gasteiger partial charge in [-0.25, -0.2) is 0 Å². The summed E-state index contributed by atoms with van der Waals surface area (Å²) in [4.78, 5) is 1.51. The van der Waals surface area contributed by atoms with Gasteiger partial charge in [0.1, 0.15) is 0 Å². The Labute approximate surface area is 106 Å². The summed E-state index contributed by atoms with van der Waals surface area (Å²) in [5, 5.41) is 1.46. The van der Waals surface area contributed by atoms with Gasteiger partial charge in [0.15, 0.2) is 0 Å². The Balaban J connectivity index is 2.47. The van der Waals surface area contributed by atoms with Crippen LogP contribution in [0.2, 0.25) is 0 Å². The Bertz CT molecular complexity index is 484. The number of thiophene rings is 2. The van der Waals surface area contributed by atoms with Crippen LogP contribution >= 0.6 is 38.6 Å². The second-order valence-corrected chi connectivity index (χ2v) is 7.41. The van der Waals surface area contributed by atoms with Crippen molar-refractivity contribution in [3.05, 3.63) is 19.8 Å². The second-order valence-electron chi connectivity index (χ2n) is 3.71. The van der Waals surface area contributed by atoms with Crippen molar-refractivity contribution < 1.29 is 0 Å². The van der Waals surface area contributed by atoms with E-state index in [0.717, 1.165) is 19.4 Å².